The molecular formula is C14H16Cl2N2O3. The number of nitrogens with zero attached hydrogens (tertiary/aromatic N) is 1. The van der Waals surface area contributed by atoms with E-state index in [0.717, 1.165) is 18.9 Å². The standard InChI is InChI=1S/C14H16Cl2N2O3/c1-8-2-3-9(4-8)7-17-14(19)10-5-11(15)13(16)12(6-10)18(20)21/h5-6,8-9H,2-4,7H2,1H3,(H,17,19). The van der Waals surface area contributed by atoms with E-state index in [1.165, 1.54) is 12.5 Å². The van der Waals surface area contributed by atoms with Gasteiger partial charge >= 0.3 is 0 Å². The highest BCUT2D eigenvalue weighted by Crippen LogP contribution is 2.33. The Morgan fingerprint density at radius 3 is 2.71 bits per heavy atom. The zero-order valence-electron chi connectivity index (χ0n) is 11.6. The number of carbonyl (C=O) groups is 1. The first-order chi connectivity index (χ1) is 9.88. The molecule has 2 unspecified atom stereocenters. The molecule has 7 heteroatoms. The molecule has 0 aliphatic heterocycles. The number of amides is 1. The summed E-state index contributed by atoms with van der Waals surface area (Å²) in [6.45, 7) is 2.78. The Morgan fingerprint density at radius 2 is 2.14 bits per heavy atom. The van der Waals surface area contributed by atoms with E-state index in [1.807, 2.05) is 0 Å². The fraction of sp³-hybridized carbons (Fsp3) is 0.500. The minimum absolute atomic E-state index is 0.00510. The number of halogens is 2. The van der Waals surface area contributed by atoms with Gasteiger partial charge in [-0.15, -0.1) is 0 Å². The summed E-state index contributed by atoms with van der Waals surface area (Å²) in [5.74, 6) is 0.802. The first-order valence-corrected chi connectivity index (χ1v) is 7.55. The molecular weight excluding hydrogens is 315 g/mol. The van der Waals surface area contributed by atoms with Crippen LogP contribution >= 0.6 is 23.2 Å². The average Bonchev–Trinajstić information content (AvgIpc) is 2.84. The van der Waals surface area contributed by atoms with Gasteiger partial charge in [-0.05, 0) is 30.7 Å². The maximum atomic E-state index is 12.1. The highest BCUT2D eigenvalue weighted by molar-refractivity contribution is 6.43. The molecule has 5 nitrogen and oxygen atoms in total. The fourth-order valence-electron chi connectivity index (χ4n) is 2.69. The Kier molecular flexibility index (Phi) is 5.06. The molecule has 21 heavy (non-hydrogen) atoms. The summed E-state index contributed by atoms with van der Waals surface area (Å²) in [5, 5.41) is 13.5. The number of carbonyl (C=O) groups excluding carboxylic acids is 1. The number of hydrogen-bond acceptors (Lipinski definition) is 3. The quantitative estimate of drug-likeness (QED) is 0.668. The highest BCUT2D eigenvalue weighted by Gasteiger charge is 2.23. The molecule has 1 N–H and O–H groups in total. The van der Waals surface area contributed by atoms with Crippen LogP contribution in [0.2, 0.25) is 10.0 Å². The number of benzene rings is 1. The van der Waals surface area contributed by atoms with E-state index in [9.17, 15) is 14.9 Å². The summed E-state index contributed by atoms with van der Waals surface area (Å²) < 4.78 is 0. The number of nitrogens with one attached hydrogen (secondary N) is 1. The zero-order valence-corrected chi connectivity index (χ0v) is 13.1. The Labute approximate surface area is 132 Å². The van der Waals surface area contributed by atoms with Crippen molar-refractivity contribution in [2.45, 2.75) is 26.2 Å². The summed E-state index contributed by atoms with van der Waals surface area (Å²) >= 11 is 11.6. The Hall–Kier alpha value is -1.33. The lowest BCUT2D eigenvalue weighted by Gasteiger charge is -2.11. The van der Waals surface area contributed by atoms with Crippen LogP contribution in [0, 0.1) is 22.0 Å². The van der Waals surface area contributed by atoms with Crippen LogP contribution in [0.15, 0.2) is 12.1 Å². The van der Waals surface area contributed by atoms with Crippen LogP contribution < -0.4 is 5.32 Å². The van der Waals surface area contributed by atoms with Crippen LogP contribution in [0.4, 0.5) is 5.69 Å². The second-order valence-electron chi connectivity index (χ2n) is 5.54. The van der Waals surface area contributed by atoms with Crippen molar-refractivity contribution in [3.63, 3.8) is 0 Å². The molecule has 0 saturated heterocycles. The van der Waals surface area contributed by atoms with Crippen LogP contribution in [0.5, 0.6) is 0 Å². The second kappa shape index (κ2) is 6.62. The van der Waals surface area contributed by atoms with Crippen LogP contribution in [0.25, 0.3) is 0 Å². The molecule has 2 atom stereocenters. The summed E-state index contributed by atoms with van der Waals surface area (Å²) in [6, 6.07) is 2.50. The van der Waals surface area contributed by atoms with E-state index in [-0.39, 0.29) is 27.2 Å². The largest absolute Gasteiger partial charge is 0.352 e. The lowest BCUT2D eigenvalue weighted by atomic mass is 10.1. The number of hydrogen-bond donors (Lipinski definition) is 1. The average molecular weight is 331 g/mol. The first-order valence-electron chi connectivity index (χ1n) is 6.80. The van der Waals surface area contributed by atoms with Crippen molar-refractivity contribution in [2.24, 2.45) is 11.8 Å². The minimum atomic E-state index is -0.649. The predicted octanol–water partition coefficient (Wildman–Crippen LogP) is 4.07. The van der Waals surface area contributed by atoms with E-state index >= 15 is 0 Å². The molecule has 1 aliphatic carbocycles. The Bertz CT molecular complexity index is 578. The van der Waals surface area contributed by atoms with Gasteiger partial charge in [-0.3, -0.25) is 14.9 Å². The maximum Gasteiger partial charge on any atom is 0.290 e. The third-order valence-corrected chi connectivity index (χ3v) is 4.61. The third-order valence-electron chi connectivity index (χ3n) is 3.82. The molecule has 114 valence electrons. The van der Waals surface area contributed by atoms with E-state index in [0.29, 0.717) is 18.4 Å². The van der Waals surface area contributed by atoms with Gasteiger partial charge in [0.1, 0.15) is 5.02 Å². The molecule has 1 saturated carbocycles. The summed E-state index contributed by atoms with van der Waals surface area (Å²) in [7, 11) is 0. The monoisotopic (exact) mass is 330 g/mol. The van der Waals surface area contributed by atoms with Crippen molar-refractivity contribution in [1.29, 1.82) is 0 Å². The van der Waals surface area contributed by atoms with Crippen LogP contribution in [0.3, 0.4) is 0 Å². The molecule has 0 spiro atoms. The molecule has 0 radical (unpaired) electrons. The molecule has 1 aliphatic rings. The van der Waals surface area contributed by atoms with Gasteiger partial charge in [0.2, 0.25) is 0 Å². The number of rotatable bonds is 4. The van der Waals surface area contributed by atoms with Gasteiger partial charge in [0.15, 0.2) is 0 Å². The van der Waals surface area contributed by atoms with Gasteiger partial charge in [0, 0.05) is 18.2 Å². The lowest BCUT2D eigenvalue weighted by molar-refractivity contribution is -0.384. The number of nitro benzene ring substituents is 1. The van der Waals surface area contributed by atoms with Crippen molar-refractivity contribution in [2.75, 3.05) is 6.54 Å². The highest BCUT2D eigenvalue weighted by atomic mass is 35.5. The van der Waals surface area contributed by atoms with Gasteiger partial charge in [0.05, 0.1) is 9.95 Å². The van der Waals surface area contributed by atoms with Gasteiger partial charge in [-0.2, -0.15) is 0 Å². The van der Waals surface area contributed by atoms with Crippen molar-refractivity contribution in [3.05, 3.63) is 37.9 Å². The number of nitro groups is 1. The van der Waals surface area contributed by atoms with Crippen LogP contribution in [0.1, 0.15) is 36.5 Å². The van der Waals surface area contributed by atoms with Crippen molar-refractivity contribution < 1.29 is 9.72 Å². The molecule has 0 aromatic heterocycles. The summed E-state index contributed by atoms with van der Waals surface area (Å²) in [4.78, 5) is 22.3. The van der Waals surface area contributed by atoms with Crippen LogP contribution in [-0.2, 0) is 0 Å². The fourth-order valence-corrected chi connectivity index (χ4v) is 3.08. The molecule has 0 heterocycles. The second-order valence-corrected chi connectivity index (χ2v) is 6.33. The topological polar surface area (TPSA) is 72.2 Å². The maximum absolute atomic E-state index is 12.1. The zero-order chi connectivity index (χ0) is 15.6. The molecule has 1 aromatic carbocycles. The van der Waals surface area contributed by atoms with Crippen molar-refractivity contribution >= 4 is 34.8 Å². The summed E-state index contributed by atoms with van der Waals surface area (Å²) in [6.07, 6.45) is 3.38. The molecule has 1 amide bonds. The van der Waals surface area contributed by atoms with Gasteiger partial charge in [-0.25, -0.2) is 0 Å². The first kappa shape index (κ1) is 16.0. The lowest BCUT2D eigenvalue weighted by Crippen LogP contribution is -2.28. The molecule has 0 bridgehead atoms. The van der Waals surface area contributed by atoms with Gasteiger partial charge < -0.3 is 5.32 Å². The smallest absolute Gasteiger partial charge is 0.290 e. The molecule has 1 fully saturated rings. The Balaban J connectivity index is 2.07. The van der Waals surface area contributed by atoms with E-state index in [1.54, 1.807) is 0 Å². The molecule has 2 rings (SSSR count). The van der Waals surface area contributed by atoms with Gasteiger partial charge in [0.25, 0.3) is 11.6 Å². The predicted molar refractivity (Wildman–Crippen MR) is 82.0 cm³/mol. The van der Waals surface area contributed by atoms with E-state index < -0.39 is 4.92 Å². The normalized spacial score (nSPS) is 21.3. The Morgan fingerprint density at radius 1 is 1.43 bits per heavy atom. The van der Waals surface area contributed by atoms with Gasteiger partial charge in [-0.1, -0.05) is 36.5 Å². The van der Waals surface area contributed by atoms with Crippen LogP contribution in [-0.4, -0.2) is 17.4 Å². The van der Waals surface area contributed by atoms with E-state index in [4.69, 9.17) is 23.2 Å². The third kappa shape index (κ3) is 3.86. The van der Waals surface area contributed by atoms with Crippen molar-refractivity contribution in [3.8, 4) is 0 Å². The minimum Gasteiger partial charge on any atom is -0.352 e. The molecule has 1 aromatic rings. The summed E-state index contributed by atoms with van der Waals surface area (Å²) in [5.41, 5.74) is -0.203. The van der Waals surface area contributed by atoms with Crippen molar-refractivity contribution in [1.82, 2.24) is 5.32 Å². The van der Waals surface area contributed by atoms with E-state index in [2.05, 4.69) is 12.2 Å². The SMILES string of the molecule is CC1CCC(CNC(=O)c2cc(Cl)c(Cl)c([N+](=O)[O-])c2)C1.